The maximum Gasteiger partial charge on any atom is 0.330 e. The minimum absolute atomic E-state index is 0.387. The van der Waals surface area contributed by atoms with Crippen LogP contribution < -0.4 is 10.1 Å². The average molecular weight is 346 g/mol. The summed E-state index contributed by atoms with van der Waals surface area (Å²) in [5, 5.41) is 3.06. The number of allylic oxidation sites excluding steroid dienone is 1. The van der Waals surface area contributed by atoms with E-state index in [1.54, 1.807) is 37.3 Å². The Bertz CT molecular complexity index is 744. The number of para-hydroxylation sites is 1. The molecule has 0 aromatic heterocycles. The first-order valence-electron chi connectivity index (χ1n) is 7.20. The summed E-state index contributed by atoms with van der Waals surface area (Å²) >= 11 is 5.97. The zero-order valence-electron chi connectivity index (χ0n) is 13.0. The van der Waals surface area contributed by atoms with Crippen molar-refractivity contribution in [3.63, 3.8) is 0 Å². The van der Waals surface area contributed by atoms with Crippen LogP contribution in [0.2, 0.25) is 5.02 Å². The Morgan fingerprint density at radius 1 is 1.17 bits per heavy atom. The molecule has 0 unspecified atom stereocenters. The SMILES string of the molecule is C/C=C/C(=O)OCC(=O)Nc1cc(Cl)ccc1Oc1ccccc1. The molecule has 2 aromatic carbocycles. The van der Waals surface area contributed by atoms with Gasteiger partial charge in [-0.2, -0.15) is 0 Å². The molecule has 0 saturated carbocycles. The highest BCUT2D eigenvalue weighted by molar-refractivity contribution is 6.31. The van der Waals surface area contributed by atoms with Crippen molar-refractivity contribution in [3.8, 4) is 11.5 Å². The number of nitrogens with one attached hydrogen (secondary N) is 1. The average Bonchev–Trinajstić information content (AvgIpc) is 2.57. The number of halogens is 1. The molecular formula is C18H16ClNO4. The molecule has 6 heteroatoms. The van der Waals surface area contributed by atoms with E-state index in [0.717, 1.165) is 0 Å². The number of esters is 1. The molecule has 0 heterocycles. The lowest BCUT2D eigenvalue weighted by atomic mass is 10.2. The van der Waals surface area contributed by atoms with Gasteiger partial charge in [0, 0.05) is 11.1 Å². The third-order valence-electron chi connectivity index (χ3n) is 2.83. The minimum atomic E-state index is -0.584. The molecule has 2 rings (SSSR count). The molecule has 0 radical (unpaired) electrons. The monoisotopic (exact) mass is 345 g/mol. The summed E-state index contributed by atoms with van der Waals surface area (Å²) in [7, 11) is 0. The van der Waals surface area contributed by atoms with Crippen molar-refractivity contribution in [2.24, 2.45) is 0 Å². The summed E-state index contributed by atoms with van der Waals surface area (Å²) in [5.74, 6) is -0.0268. The number of hydrogen-bond donors (Lipinski definition) is 1. The highest BCUT2D eigenvalue weighted by Crippen LogP contribution is 2.31. The van der Waals surface area contributed by atoms with E-state index in [0.29, 0.717) is 22.2 Å². The quantitative estimate of drug-likeness (QED) is 0.629. The fourth-order valence-electron chi connectivity index (χ4n) is 1.81. The maximum absolute atomic E-state index is 11.9. The smallest absolute Gasteiger partial charge is 0.330 e. The predicted octanol–water partition coefficient (Wildman–Crippen LogP) is 4.19. The van der Waals surface area contributed by atoms with Crippen molar-refractivity contribution >= 4 is 29.2 Å². The number of carbonyl (C=O) groups excluding carboxylic acids is 2. The van der Waals surface area contributed by atoms with Gasteiger partial charge in [0.15, 0.2) is 12.4 Å². The van der Waals surface area contributed by atoms with Gasteiger partial charge >= 0.3 is 5.97 Å². The Morgan fingerprint density at radius 2 is 1.92 bits per heavy atom. The third-order valence-corrected chi connectivity index (χ3v) is 3.07. The van der Waals surface area contributed by atoms with E-state index in [2.05, 4.69) is 5.32 Å². The number of anilines is 1. The molecule has 0 saturated heterocycles. The minimum Gasteiger partial charge on any atom is -0.455 e. The van der Waals surface area contributed by atoms with Crippen LogP contribution in [-0.2, 0) is 14.3 Å². The normalized spacial score (nSPS) is 10.4. The van der Waals surface area contributed by atoms with Crippen LogP contribution in [-0.4, -0.2) is 18.5 Å². The van der Waals surface area contributed by atoms with Gasteiger partial charge in [0.1, 0.15) is 5.75 Å². The van der Waals surface area contributed by atoms with Crippen LogP contribution in [0, 0.1) is 0 Å². The zero-order chi connectivity index (χ0) is 17.4. The van der Waals surface area contributed by atoms with E-state index < -0.39 is 18.5 Å². The summed E-state index contributed by atoms with van der Waals surface area (Å²) < 4.78 is 10.5. The van der Waals surface area contributed by atoms with Gasteiger partial charge in [0.05, 0.1) is 5.69 Å². The molecule has 0 aliphatic rings. The van der Waals surface area contributed by atoms with Crippen LogP contribution in [0.4, 0.5) is 5.69 Å². The fourth-order valence-corrected chi connectivity index (χ4v) is 1.98. The van der Waals surface area contributed by atoms with Crippen molar-refractivity contribution in [3.05, 3.63) is 65.7 Å². The van der Waals surface area contributed by atoms with E-state index in [9.17, 15) is 9.59 Å². The summed E-state index contributed by atoms with van der Waals surface area (Å²) in [6, 6.07) is 14.0. The highest BCUT2D eigenvalue weighted by atomic mass is 35.5. The fraction of sp³-hybridized carbons (Fsp3) is 0.111. The Morgan fingerprint density at radius 3 is 2.62 bits per heavy atom. The molecule has 0 atom stereocenters. The molecule has 0 bridgehead atoms. The number of hydrogen-bond acceptors (Lipinski definition) is 4. The molecule has 5 nitrogen and oxygen atoms in total. The number of carbonyl (C=O) groups is 2. The molecule has 124 valence electrons. The maximum atomic E-state index is 11.9. The molecule has 24 heavy (non-hydrogen) atoms. The van der Waals surface area contributed by atoms with Crippen molar-refractivity contribution < 1.29 is 19.1 Å². The van der Waals surface area contributed by atoms with Crippen LogP contribution in [0.25, 0.3) is 0 Å². The van der Waals surface area contributed by atoms with E-state index in [1.807, 2.05) is 18.2 Å². The lowest BCUT2D eigenvalue weighted by molar-refractivity contribution is -0.142. The number of rotatable bonds is 6. The van der Waals surface area contributed by atoms with Gasteiger partial charge in [0.25, 0.3) is 5.91 Å². The molecule has 0 aliphatic heterocycles. The van der Waals surface area contributed by atoms with E-state index in [1.165, 1.54) is 12.2 Å². The van der Waals surface area contributed by atoms with Crippen LogP contribution in [0.5, 0.6) is 11.5 Å². The Kier molecular flexibility index (Phi) is 6.40. The van der Waals surface area contributed by atoms with Gasteiger partial charge in [-0.25, -0.2) is 4.79 Å². The van der Waals surface area contributed by atoms with Gasteiger partial charge < -0.3 is 14.8 Å². The second-order valence-corrected chi connectivity index (χ2v) is 5.15. The first kappa shape index (κ1) is 17.6. The van der Waals surface area contributed by atoms with Crippen molar-refractivity contribution in [2.45, 2.75) is 6.92 Å². The van der Waals surface area contributed by atoms with E-state index in [4.69, 9.17) is 21.1 Å². The molecule has 0 fully saturated rings. The Balaban J connectivity index is 2.07. The van der Waals surface area contributed by atoms with E-state index >= 15 is 0 Å². The van der Waals surface area contributed by atoms with Gasteiger partial charge in [-0.05, 0) is 37.3 Å². The summed E-state index contributed by atoms with van der Waals surface area (Å²) in [6.45, 7) is 1.28. The Hall–Kier alpha value is -2.79. The third kappa shape index (κ3) is 5.44. The van der Waals surface area contributed by atoms with Gasteiger partial charge in [0.2, 0.25) is 0 Å². The Labute approximate surface area is 144 Å². The second kappa shape index (κ2) is 8.74. The van der Waals surface area contributed by atoms with E-state index in [-0.39, 0.29) is 0 Å². The van der Waals surface area contributed by atoms with Gasteiger partial charge in [-0.1, -0.05) is 35.9 Å². The predicted molar refractivity (Wildman–Crippen MR) is 92.4 cm³/mol. The lowest BCUT2D eigenvalue weighted by Crippen LogP contribution is -2.20. The second-order valence-electron chi connectivity index (χ2n) is 4.71. The topological polar surface area (TPSA) is 64.6 Å². The summed E-state index contributed by atoms with van der Waals surface area (Å²) in [4.78, 5) is 23.2. The van der Waals surface area contributed by atoms with Gasteiger partial charge in [-0.3, -0.25) is 4.79 Å². The van der Waals surface area contributed by atoms with Crippen LogP contribution in [0.3, 0.4) is 0 Å². The van der Waals surface area contributed by atoms with Gasteiger partial charge in [-0.15, -0.1) is 0 Å². The molecule has 0 spiro atoms. The first-order chi connectivity index (χ1) is 11.6. The lowest BCUT2D eigenvalue weighted by Gasteiger charge is -2.12. The summed E-state index contributed by atoms with van der Waals surface area (Å²) in [5.41, 5.74) is 0.387. The largest absolute Gasteiger partial charge is 0.455 e. The molecule has 1 N–H and O–H groups in total. The van der Waals surface area contributed by atoms with Crippen LogP contribution >= 0.6 is 11.6 Å². The molecule has 1 amide bonds. The van der Waals surface area contributed by atoms with Crippen LogP contribution in [0.15, 0.2) is 60.7 Å². The number of ether oxygens (including phenoxy) is 2. The van der Waals surface area contributed by atoms with Crippen molar-refractivity contribution in [1.29, 1.82) is 0 Å². The number of amides is 1. The van der Waals surface area contributed by atoms with Crippen LogP contribution in [0.1, 0.15) is 6.92 Å². The zero-order valence-corrected chi connectivity index (χ0v) is 13.7. The highest BCUT2D eigenvalue weighted by Gasteiger charge is 2.11. The molecule has 0 aliphatic carbocycles. The number of benzene rings is 2. The molecule has 2 aromatic rings. The standard InChI is InChI=1S/C18H16ClNO4/c1-2-6-18(22)23-12-17(21)20-15-11-13(19)9-10-16(15)24-14-7-4-3-5-8-14/h2-11H,12H2,1H3,(H,20,21)/b6-2+. The first-order valence-corrected chi connectivity index (χ1v) is 7.58. The molecular weight excluding hydrogens is 330 g/mol. The van der Waals surface area contributed by atoms with Crippen molar-refractivity contribution in [1.82, 2.24) is 0 Å². The summed E-state index contributed by atoms with van der Waals surface area (Å²) in [6.07, 6.45) is 2.76. The van der Waals surface area contributed by atoms with Crippen molar-refractivity contribution in [2.75, 3.05) is 11.9 Å².